The Morgan fingerprint density at radius 3 is 2.67 bits per heavy atom. The third-order valence-corrected chi connectivity index (χ3v) is 4.68. The normalized spacial score (nSPS) is 29.6. The van der Waals surface area contributed by atoms with Crippen LogP contribution < -0.4 is 5.32 Å². The molecular weight excluding hydrogens is 222 g/mol. The molecule has 2 fully saturated rings. The molecule has 0 aromatic heterocycles. The highest BCUT2D eigenvalue weighted by molar-refractivity contribution is 5.95. The third-order valence-electron chi connectivity index (χ3n) is 4.68. The van der Waals surface area contributed by atoms with Gasteiger partial charge in [0.1, 0.15) is 0 Å². The van der Waals surface area contributed by atoms with E-state index in [0.717, 1.165) is 23.0 Å². The van der Waals surface area contributed by atoms with E-state index in [-0.39, 0.29) is 5.91 Å². The molecule has 2 aliphatic rings. The Bertz CT molecular complexity index is 480. The zero-order chi connectivity index (χ0) is 12.7. The fraction of sp³-hybridized carbons (Fsp3) is 0.562. The number of carbonyl (C=O) groups is 1. The SMILES string of the molecule is Cc1ccc(C(=O)N[C@H]2C[C@H]3CC[C@H]2C3)c(C)c1. The molecule has 3 rings (SSSR count). The average Bonchev–Trinajstić information content (AvgIpc) is 2.90. The Balaban J connectivity index is 1.71. The molecule has 1 aromatic rings. The number of hydrogen-bond acceptors (Lipinski definition) is 1. The van der Waals surface area contributed by atoms with Crippen LogP contribution in [0.3, 0.4) is 0 Å². The summed E-state index contributed by atoms with van der Waals surface area (Å²) in [7, 11) is 0. The first-order valence-corrected chi connectivity index (χ1v) is 7.01. The van der Waals surface area contributed by atoms with E-state index in [9.17, 15) is 4.79 Å². The third kappa shape index (κ3) is 2.05. The standard InChI is InChI=1S/C16H21NO/c1-10-3-6-14(11(2)7-10)16(18)17-15-9-12-4-5-13(15)8-12/h3,6-7,12-13,15H,4-5,8-9H2,1-2H3,(H,17,18)/t12-,13-,15-/m0/s1. The van der Waals surface area contributed by atoms with E-state index in [2.05, 4.69) is 18.3 Å². The van der Waals surface area contributed by atoms with E-state index in [4.69, 9.17) is 0 Å². The Morgan fingerprint density at radius 1 is 1.22 bits per heavy atom. The average molecular weight is 243 g/mol. The van der Waals surface area contributed by atoms with Crippen molar-refractivity contribution in [3.8, 4) is 0 Å². The monoisotopic (exact) mass is 243 g/mol. The van der Waals surface area contributed by atoms with E-state index in [1.54, 1.807) is 0 Å². The van der Waals surface area contributed by atoms with Crippen molar-refractivity contribution in [2.45, 2.75) is 45.6 Å². The molecule has 0 saturated heterocycles. The van der Waals surface area contributed by atoms with Gasteiger partial charge in [-0.2, -0.15) is 0 Å². The molecule has 0 spiro atoms. The minimum Gasteiger partial charge on any atom is -0.349 e. The largest absolute Gasteiger partial charge is 0.349 e. The van der Waals surface area contributed by atoms with Gasteiger partial charge in [-0.15, -0.1) is 0 Å². The Kier molecular flexibility index (Phi) is 2.89. The number of aryl methyl sites for hydroxylation is 2. The molecular formula is C16H21NO. The number of rotatable bonds is 2. The van der Waals surface area contributed by atoms with Gasteiger partial charge in [-0.1, -0.05) is 24.1 Å². The zero-order valence-electron chi connectivity index (χ0n) is 11.2. The molecule has 18 heavy (non-hydrogen) atoms. The van der Waals surface area contributed by atoms with Gasteiger partial charge in [0.15, 0.2) is 0 Å². The van der Waals surface area contributed by atoms with Crippen molar-refractivity contribution in [3.05, 3.63) is 34.9 Å². The van der Waals surface area contributed by atoms with Crippen molar-refractivity contribution >= 4 is 5.91 Å². The lowest BCUT2D eigenvalue weighted by atomic mass is 9.95. The van der Waals surface area contributed by atoms with Gasteiger partial charge in [-0.25, -0.2) is 0 Å². The molecule has 1 amide bonds. The lowest BCUT2D eigenvalue weighted by Crippen LogP contribution is -2.38. The highest BCUT2D eigenvalue weighted by atomic mass is 16.1. The summed E-state index contributed by atoms with van der Waals surface area (Å²) in [6, 6.07) is 6.47. The van der Waals surface area contributed by atoms with Crippen molar-refractivity contribution in [2.24, 2.45) is 11.8 Å². The van der Waals surface area contributed by atoms with Crippen molar-refractivity contribution < 1.29 is 4.79 Å². The maximum Gasteiger partial charge on any atom is 0.251 e. The lowest BCUT2D eigenvalue weighted by Gasteiger charge is -2.23. The van der Waals surface area contributed by atoms with Crippen molar-refractivity contribution in [2.75, 3.05) is 0 Å². The van der Waals surface area contributed by atoms with Crippen LogP contribution in [0.5, 0.6) is 0 Å². The number of nitrogens with one attached hydrogen (secondary N) is 1. The molecule has 2 saturated carbocycles. The summed E-state index contributed by atoms with van der Waals surface area (Å²) in [5, 5.41) is 3.25. The molecule has 2 bridgehead atoms. The predicted octanol–water partition coefficient (Wildman–Crippen LogP) is 3.22. The maximum absolute atomic E-state index is 12.3. The van der Waals surface area contributed by atoms with Crippen LogP contribution in [0.1, 0.15) is 47.2 Å². The molecule has 1 aromatic carbocycles. The number of amides is 1. The number of carbonyl (C=O) groups excluding carboxylic acids is 1. The molecule has 0 unspecified atom stereocenters. The van der Waals surface area contributed by atoms with Gasteiger partial charge in [0.25, 0.3) is 5.91 Å². The minimum absolute atomic E-state index is 0.116. The van der Waals surface area contributed by atoms with Crippen molar-refractivity contribution in [1.29, 1.82) is 0 Å². The van der Waals surface area contributed by atoms with Crippen LogP contribution in [0.2, 0.25) is 0 Å². The first-order chi connectivity index (χ1) is 8.63. The van der Waals surface area contributed by atoms with Crippen LogP contribution in [0.4, 0.5) is 0 Å². The number of benzene rings is 1. The summed E-state index contributed by atoms with van der Waals surface area (Å²) in [6.07, 6.45) is 5.21. The molecule has 2 heteroatoms. The predicted molar refractivity (Wildman–Crippen MR) is 72.6 cm³/mol. The van der Waals surface area contributed by atoms with E-state index >= 15 is 0 Å². The summed E-state index contributed by atoms with van der Waals surface area (Å²) in [5.74, 6) is 1.73. The van der Waals surface area contributed by atoms with Crippen LogP contribution >= 0.6 is 0 Å². The van der Waals surface area contributed by atoms with Gasteiger partial charge >= 0.3 is 0 Å². The smallest absolute Gasteiger partial charge is 0.251 e. The Morgan fingerprint density at radius 2 is 2.06 bits per heavy atom. The summed E-state index contributed by atoms with van der Waals surface area (Å²) >= 11 is 0. The maximum atomic E-state index is 12.3. The number of fused-ring (bicyclic) bond motifs is 2. The highest BCUT2D eigenvalue weighted by Gasteiger charge is 2.40. The summed E-state index contributed by atoms with van der Waals surface area (Å²) in [5.41, 5.74) is 3.13. The quantitative estimate of drug-likeness (QED) is 0.849. The van der Waals surface area contributed by atoms with Gasteiger partial charge in [0, 0.05) is 11.6 Å². The van der Waals surface area contributed by atoms with Gasteiger partial charge in [0.05, 0.1) is 0 Å². The van der Waals surface area contributed by atoms with E-state index < -0.39 is 0 Å². The molecule has 0 aliphatic heterocycles. The van der Waals surface area contributed by atoms with E-state index in [0.29, 0.717) is 6.04 Å². The molecule has 1 N–H and O–H groups in total. The summed E-state index contributed by atoms with van der Waals surface area (Å²) in [4.78, 5) is 12.3. The van der Waals surface area contributed by atoms with Crippen LogP contribution in [0, 0.1) is 25.7 Å². The first-order valence-electron chi connectivity index (χ1n) is 7.01. The number of hydrogen-bond donors (Lipinski definition) is 1. The van der Waals surface area contributed by atoms with Crippen molar-refractivity contribution in [1.82, 2.24) is 5.32 Å². The second-order valence-electron chi connectivity index (χ2n) is 6.07. The van der Waals surface area contributed by atoms with Crippen LogP contribution in [-0.2, 0) is 0 Å². The highest BCUT2D eigenvalue weighted by Crippen LogP contribution is 2.44. The molecule has 2 nitrogen and oxygen atoms in total. The van der Waals surface area contributed by atoms with Gasteiger partial charge in [-0.3, -0.25) is 4.79 Å². The summed E-state index contributed by atoms with van der Waals surface area (Å²) in [6.45, 7) is 4.08. The fourth-order valence-electron chi connectivity index (χ4n) is 3.74. The zero-order valence-corrected chi connectivity index (χ0v) is 11.2. The molecule has 2 aliphatic carbocycles. The molecule has 96 valence electrons. The van der Waals surface area contributed by atoms with Gasteiger partial charge < -0.3 is 5.32 Å². The Hall–Kier alpha value is -1.31. The second kappa shape index (κ2) is 4.42. The molecule has 0 radical (unpaired) electrons. The van der Waals surface area contributed by atoms with Crippen LogP contribution in [0.25, 0.3) is 0 Å². The fourth-order valence-corrected chi connectivity index (χ4v) is 3.74. The van der Waals surface area contributed by atoms with Crippen LogP contribution in [0.15, 0.2) is 18.2 Å². The minimum atomic E-state index is 0.116. The van der Waals surface area contributed by atoms with E-state index in [1.807, 2.05) is 19.1 Å². The lowest BCUT2D eigenvalue weighted by molar-refractivity contribution is 0.0922. The van der Waals surface area contributed by atoms with Crippen LogP contribution in [-0.4, -0.2) is 11.9 Å². The van der Waals surface area contributed by atoms with Gasteiger partial charge in [-0.05, 0) is 56.6 Å². The molecule has 3 atom stereocenters. The van der Waals surface area contributed by atoms with E-state index in [1.165, 1.54) is 31.2 Å². The Labute approximate surface area is 109 Å². The molecule has 0 heterocycles. The van der Waals surface area contributed by atoms with Gasteiger partial charge in [0.2, 0.25) is 0 Å². The topological polar surface area (TPSA) is 29.1 Å². The first kappa shape index (κ1) is 11.8. The summed E-state index contributed by atoms with van der Waals surface area (Å²) < 4.78 is 0. The van der Waals surface area contributed by atoms with Crippen molar-refractivity contribution in [3.63, 3.8) is 0 Å². The second-order valence-corrected chi connectivity index (χ2v) is 6.07.